The smallest absolute Gasteiger partial charge is 0.363 e. The number of nitrogens with one attached hydrogen (secondary N) is 2. The van der Waals surface area contributed by atoms with Gasteiger partial charge in [-0.25, -0.2) is 13.4 Å². The third kappa shape index (κ3) is 5.63. The Morgan fingerprint density at radius 1 is 0.903 bits per heavy atom. The fraction of sp³-hybridized carbons (Fsp3) is 0.200. The van der Waals surface area contributed by atoms with Gasteiger partial charge in [0.15, 0.2) is 0 Å². The summed E-state index contributed by atoms with van der Waals surface area (Å²) in [6.45, 7) is 1.85. The van der Waals surface area contributed by atoms with Crippen molar-refractivity contribution in [1.29, 1.82) is 0 Å². The number of aromatic nitrogens is 2. The first-order chi connectivity index (χ1) is 14.4. The van der Waals surface area contributed by atoms with Crippen LogP contribution in [-0.4, -0.2) is 32.5 Å². The van der Waals surface area contributed by atoms with Gasteiger partial charge in [0, 0.05) is 37.2 Å². The zero-order valence-electron chi connectivity index (χ0n) is 16.9. The van der Waals surface area contributed by atoms with Gasteiger partial charge < -0.3 is 10.2 Å². The van der Waals surface area contributed by atoms with E-state index < -0.39 is 21.8 Å². The maximum atomic E-state index is 12.7. The normalized spacial score (nSPS) is 11.8. The number of nitrogens with zero attached hydrogens (tertiary/aromatic N) is 3. The topological polar surface area (TPSA) is 87.2 Å². The number of alkyl halides is 3. The number of aryl methyl sites for hydroxylation is 1. The van der Waals surface area contributed by atoms with Crippen LogP contribution < -0.4 is 14.9 Å². The molecule has 0 aliphatic rings. The minimum atomic E-state index is -4.53. The molecule has 11 heteroatoms. The summed E-state index contributed by atoms with van der Waals surface area (Å²) in [5.41, 5.74) is 0.747. The van der Waals surface area contributed by atoms with Crippen LogP contribution in [0.3, 0.4) is 0 Å². The summed E-state index contributed by atoms with van der Waals surface area (Å²) < 4.78 is 65.2. The van der Waals surface area contributed by atoms with Crippen LogP contribution in [-0.2, 0) is 16.2 Å². The first-order valence-electron chi connectivity index (χ1n) is 9.04. The van der Waals surface area contributed by atoms with Gasteiger partial charge in [-0.15, -0.1) is 0 Å². The molecule has 0 fully saturated rings. The van der Waals surface area contributed by atoms with Gasteiger partial charge in [-0.05, 0) is 55.5 Å². The molecule has 2 N–H and O–H groups in total. The molecule has 0 saturated carbocycles. The molecule has 3 aromatic rings. The average Bonchev–Trinajstić information content (AvgIpc) is 2.68. The lowest BCUT2D eigenvalue weighted by Crippen LogP contribution is -2.14. The SMILES string of the molecule is Cc1cc(N(C)C)nc(Nc2ccc(NS(=O)(=O)c3ccc(C(F)(F)F)cc3)cc2)n1. The maximum Gasteiger partial charge on any atom is 0.416 e. The zero-order chi connectivity index (χ0) is 22.8. The van der Waals surface area contributed by atoms with Crippen LogP contribution >= 0.6 is 0 Å². The van der Waals surface area contributed by atoms with Gasteiger partial charge in [-0.1, -0.05) is 0 Å². The number of hydrogen-bond donors (Lipinski definition) is 2. The Balaban J connectivity index is 1.73. The predicted octanol–water partition coefficient (Wildman–Crippen LogP) is 4.41. The van der Waals surface area contributed by atoms with Crippen LogP contribution in [0, 0.1) is 6.92 Å². The number of halogens is 3. The van der Waals surface area contributed by atoms with Crippen LogP contribution in [0.15, 0.2) is 59.5 Å². The maximum absolute atomic E-state index is 12.7. The second-order valence-corrected chi connectivity index (χ2v) is 8.60. The van der Waals surface area contributed by atoms with E-state index in [2.05, 4.69) is 20.0 Å². The van der Waals surface area contributed by atoms with E-state index in [4.69, 9.17) is 0 Å². The van der Waals surface area contributed by atoms with Crippen molar-refractivity contribution in [3.63, 3.8) is 0 Å². The second kappa shape index (κ2) is 8.42. The average molecular weight is 451 g/mol. The molecule has 0 spiro atoms. The van der Waals surface area contributed by atoms with E-state index in [-0.39, 0.29) is 10.6 Å². The molecule has 1 heterocycles. The minimum absolute atomic E-state index is 0.254. The number of sulfonamides is 1. The molecular formula is C20H20F3N5O2S. The first kappa shape index (κ1) is 22.3. The highest BCUT2D eigenvalue weighted by atomic mass is 32.2. The van der Waals surface area contributed by atoms with E-state index in [0.717, 1.165) is 35.8 Å². The van der Waals surface area contributed by atoms with Crippen molar-refractivity contribution in [3.8, 4) is 0 Å². The lowest BCUT2D eigenvalue weighted by molar-refractivity contribution is -0.137. The molecule has 0 bridgehead atoms. The molecule has 7 nitrogen and oxygen atoms in total. The lowest BCUT2D eigenvalue weighted by Gasteiger charge is -2.14. The Hall–Kier alpha value is -3.34. The highest BCUT2D eigenvalue weighted by molar-refractivity contribution is 7.92. The molecule has 0 atom stereocenters. The van der Waals surface area contributed by atoms with E-state index in [1.165, 1.54) is 12.1 Å². The lowest BCUT2D eigenvalue weighted by atomic mass is 10.2. The molecule has 31 heavy (non-hydrogen) atoms. The van der Waals surface area contributed by atoms with E-state index in [1.54, 1.807) is 12.1 Å². The van der Waals surface area contributed by atoms with Gasteiger partial charge >= 0.3 is 6.18 Å². The van der Waals surface area contributed by atoms with Gasteiger partial charge in [0.2, 0.25) is 5.95 Å². The van der Waals surface area contributed by atoms with Gasteiger partial charge in [-0.2, -0.15) is 18.2 Å². The van der Waals surface area contributed by atoms with Crippen molar-refractivity contribution in [2.24, 2.45) is 0 Å². The number of rotatable bonds is 6. The molecule has 0 saturated heterocycles. The Labute approximate surface area is 178 Å². The standard InChI is InChI=1S/C20H20F3N5O2S/c1-13-12-18(28(2)3)26-19(24-13)25-15-6-8-16(9-7-15)27-31(29,30)17-10-4-14(5-11-17)20(21,22)23/h4-12,27H,1-3H3,(H,24,25,26). The van der Waals surface area contributed by atoms with E-state index >= 15 is 0 Å². The summed E-state index contributed by atoms with van der Waals surface area (Å²) in [5, 5.41) is 3.05. The summed E-state index contributed by atoms with van der Waals surface area (Å²) in [6.07, 6.45) is -4.53. The summed E-state index contributed by atoms with van der Waals surface area (Å²) in [4.78, 5) is 10.3. The van der Waals surface area contributed by atoms with Crippen LogP contribution in [0.5, 0.6) is 0 Å². The molecule has 0 amide bonds. The minimum Gasteiger partial charge on any atom is -0.363 e. The van der Waals surface area contributed by atoms with Gasteiger partial charge in [0.1, 0.15) is 5.82 Å². The molecule has 164 valence electrons. The number of benzene rings is 2. The summed E-state index contributed by atoms with van der Waals surface area (Å²) in [6, 6.07) is 11.4. The highest BCUT2D eigenvalue weighted by Gasteiger charge is 2.30. The zero-order valence-corrected chi connectivity index (χ0v) is 17.7. The van der Waals surface area contributed by atoms with Crippen LogP contribution in [0.4, 0.5) is 36.3 Å². The van der Waals surface area contributed by atoms with Crippen molar-refractivity contribution in [2.75, 3.05) is 29.0 Å². The third-order valence-corrected chi connectivity index (χ3v) is 5.58. The quantitative estimate of drug-likeness (QED) is 0.577. The van der Waals surface area contributed by atoms with Gasteiger partial charge in [0.25, 0.3) is 10.0 Å². The largest absolute Gasteiger partial charge is 0.416 e. The van der Waals surface area contributed by atoms with Crippen molar-refractivity contribution in [3.05, 3.63) is 65.9 Å². The predicted molar refractivity (Wildman–Crippen MR) is 113 cm³/mol. The van der Waals surface area contributed by atoms with Crippen LogP contribution in [0.25, 0.3) is 0 Å². The Bertz CT molecular complexity index is 1160. The monoisotopic (exact) mass is 451 g/mol. The van der Waals surface area contributed by atoms with Crippen molar-refractivity contribution in [2.45, 2.75) is 18.0 Å². The Morgan fingerprint density at radius 2 is 1.48 bits per heavy atom. The van der Waals surface area contributed by atoms with E-state index in [0.29, 0.717) is 11.6 Å². The summed E-state index contributed by atoms with van der Waals surface area (Å²) >= 11 is 0. The molecule has 0 aliphatic heterocycles. The first-order valence-corrected chi connectivity index (χ1v) is 10.5. The summed E-state index contributed by atoms with van der Waals surface area (Å²) in [7, 11) is -0.308. The molecule has 0 radical (unpaired) electrons. The summed E-state index contributed by atoms with van der Waals surface area (Å²) in [5.74, 6) is 1.12. The fourth-order valence-electron chi connectivity index (χ4n) is 2.62. The van der Waals surface area contributed by atoms with Crippen molar-refractivity contribution in [1.82, 2.24) is 9.97 Å². The number of anilines is 4. The molecule has 3 rings (SSSR count). The van der Waals surface area contributed by atoms with E-state index in [1.807, 2.05) is 32.0 Å². The van der Waals surface area contributed by atoms with Crippen LogP contribution in [0.1, 0.15) is 11.3 Å². The fourth-order valence-corrected chi connectivity index (χ4v) is 3.68. The Morgan fingerprint density at radius 3 is 2.03 bits per heavy atom. The number of hydrogen-bond acceptors (Lipinski definition) is 6. The second-order valence-electron chi connectivity index (χ2n) is 6.92. The molecule has 0 aliphatic carbocycles. The molecule has 2 aromatic carbocycles. The van der Waals surface area contributed by atoms with Crippen molar-refractivity contribution < 1.29 is 21.6 Å². The molecule has 1 aromatic heterocycles. The molecular weight excluding hydrogens is 431 g/mol. The highest BCUT2D eigenvalue weighted by Crippen LogP contribution is 2.30. The molecule has 0 unspecified atom stereocenters. The van der Waals surface area contributed by atoms with Gasteiger partial charge in [-0.3, -0.25) is 4.72 Å². The van der Waals surface area contributed by atoms with E-state index in [9.17, 15) is 21.6 Å². The van der Waals surface area contributed by atoms with Crippen LogP contribution in [0.2, 0.25) is 0 Å². The van der Waals surface area contributed by atoms with Crippen molar-refractivity contribution >= 4 is 33.2 Å². The van der Waals surface area contributed by atoms with Gasteiger partial charge in [0.05, 0.1) is 10.5 Å². The Kier molecular flexibility index (Phi) is 6.07. The third-order valence-electron chi connectivity index (χ3n) is 4.18.